The molecule has 0 aliphatic rings. The number of aromatic hydroxyl groups is 1. The zero-order valence-corrected chi connectivity index (χ0v) is 8.30. The summed E-state index contributed by atoms with van der Waals surface area (Å²) < 4.78 is 4.86. The number of ether oxygens (including phenoxy) is 1. The Bertz CT molecular complexity index is 382. The molecule has 1 aromatic carbocycles. The van der Waals surface area contributed by atoms with Crippen molar-refractivity contribution in [3.8, 4) is 11.5 Å². The molecule has 1 rings (SSSR count). The Hall–Kier alpha value is -1.81. The number of benzene rings is 1. The van der Waals surface area contributed by atoms with Crippen LogP contribution in [-0.4, -0.2) is 16.2 Å². The van der Waals surface area contributed by atoms with E-state index in [1.807, 2.05) is 0 Å². The lowest BCUT2D eigenvalue weighted by molar-refractivity contribution is -0.129. The maximum Gasteiger partial charge on any atom is 0.335 e. The van der Waals surface area contributed by atoms with E-state index in [1.54, 1.807) is 0 Å². The molecule has 0 saturated heterocycles. The van der Waals surface area contributed by atoms with Crippen molar-refractivity contribution in [3.63, 3.8) is 0 Å². The van der Waals surface area contributed by atoms with Gasteiger partial charge < -0.3 is 14.9 Å². The highest BCUT2D eigenvalue weighted by molar-refractivity contribution is 5.83. The van der Waals surface area contributed by atoms with E-state index in [9.17, 15) is 15.0 Å². The summed E-state index contributed by atoms with van der Waals surface area (Å²) in [4.78, 5) is 11.0. The van der Waals surface area contributed by atoms with Gasteiger partial charge in [0.1, 0.15) is 11.5 Å². The number of esters is 1. The normalized spacial score (nSPS) is 11.9. The second kappa shape index (κ2) is 4.61. The minimum atomic E-state index is -0.918. The highest BCUT2D eigenvalue weighted by atomic mass is 16.5. The summed E-state index contributed by atoms with van der Waals surface area (Å²) >= 11 is 0. The molecule has 4 heteroatoms. The SMILES string of the molecule is C=CC(=O)Oc1cccc(O)c1C(C)O. The molecule has 0 aliphatic carbocycles. The minimum absolute atomic E-state index is 0.112. The van der Waals surface area contributed by atoms with Crippen molar-refractivity contribution in [2.75, 3.05) is 0 Å². The maximum absolute atomic E-state index is 11.0. The number of hydrogen-bond acceptors (Lipinski definition) is 4. The predicted octanol–water partition coefficient (Wildman–Crippen LogP) is 1.54. The highest BCUT2D eigenvalue weighted by Gasteiger charge is 2.15. The lowest BCUT2D eigenvalue weighted by Crippen LogP contribution is -2.06. The fourth-order valence-electron chi connectivity index (χ4n) is 1.19. The summed E-state index contributed by atoms with van der Waals surface area (Å²) in [5.41, 5.74) is 0.188. The minimum Gasteiger partial charge on any atom is -0.507 e. The first kappa shape index (κ1) is 11.3. The van der Waals surface area contributed by atoms with Gasteiger partial charge in [-0.1, -0.05) is 12.6 Å². The van der Waals surface area contributed by atoms with Crippen LogP contribution in [0.2, 0.25) is 0 Å². The first-order valence-electron chi connectivity index (χ1n) is 4.40. The van der Waals surface area contributed by atoms with E-state index in [2.05, 4.69) is 6.58 Å². The summed E-state index contributed by atoms with van der Waals surface area (Å²) in [5.74, 6) is -0.614. The van der Waals surface area contributed by atoms with Crippen LogP contribution in [0.15, 0.2) is 30.9 Å². The molecule has 0 radical (unpaired) electrons. The van der Waals surface area contributed by atoms with Crippen molar-refractivity contribution in [2.24, 2.45) is 0 Å². The zero-order chi connectivity index (χ0) is 11.4. The summed E-state index contributed by atoms with van der Waals surface area (Å²) in [6, 6.07) is 4.42. The van der Waals surface area contributed by atoms with Crippen molar-refractivity contribution in [3.05, 3.63) is 36.4 Å². The zero-order valence-electron chi connectivity index (χ0n) is 8.30. The van der Waals surface area contributed by atoms with Gasteiger partial charge in [0.05, 0.1) is 11.7 Å². The number of carbonyl (C=O) groups is 1. The third kappa shape index (κ3) is 2.57. The van der Waals surface area contributed by atoms with Gasteiger partial charge >= 0.3 is 5.97 Å². The van der Waals surface area contributed by atoms with Crippen molar-refractivity contribution in [2.45, 2.75) is 13.0 Å². The average molecular weight is 208 g/mol. The van der Waals surface area contributed by atoms with E-state index in [-0.39, 0.29) is 17.1 Å². The Labute approximate surface area is 87.4 Å². The summed E-state index contributed by atoms with van der Waals surface area (Å²) in [5, 5.41) is 18.9. The number of rotatable bonds is 3. The molecule has 1 unspecified atom stereocenters. The number of carbonyl (C=O) groups excluding carboxylic acids is 1. The Morgan fingerprint density at radius 3 is 2.80 bits per heavy atom. The molecule has 80 valence electrons. The topological polar surface area (TPSA) is 66.8 Å². The third-order valence-corrected chi connectivity index (χ3v) is 1.84. The Morgan fingerprint density at radius 1 is 1.60 bits per heavy atom. The molecular weight excluding hydrogens is 196 g/mol. The quantitative estimate of drug-likeness (QED) is 0.449. The standard InChI is InChI=1S/C11H12O4/c1-3-10(14)15-9-6-4-5-8(13)11(9)7(2)12/h3-7,12-13H,1H2,2H3. The van der Waals surface area contributed by atoms with E-state index in [1.165, 1.54) is 25.1 Å². The van der Waals surface area contributed by atoms with Crippen LogP contribution in [-0.2, 0) is 4.79 Å². The molecular formula is C11H12O4. The van der Waals surface area contributed by atoms with Gasteiger partial charge in [-0.05, 0) is 19.1 Å². The van der Waals surface area contributed by atoms with Gasteiger partial charge in [0.2, 0.25) is 0 Å². The van der Waals surface area contributed by atoms with Gasteiger partial charge in [-0.3, -0.25) is 0 Å². The maximum atomic E-state index is 11.0. The molecule has 0 heterocycles. The van der Waals surface area contributed by atoms with E-state index in [0.29, 0.717) is 0 Å². The van der Waals surface area contributed by atoms with Crippen molar-refractivity contribution >= 4 is 5.97 Å². The van der Waals surface area contributed by atoms with E-state index >= 15 is 0 Å². The molecule has 0 amide bonds. The molecule has 1 aromatic rings. The molecule has 0 spiro atoms. The number of phenols is 1. The predicted molar refractivity (Wildman–Crippen MR) is 54.6 cm³/mol. The molecule has 0 fully saturated rings. The number of hydrogen-bond donors (Lipinski definition) is 2. The Morgan fingerprint density at radius 2 is 2.27 bits per heavy atom. The number of phenolic OH excluding ortho intramolecular Hbond substituents is 1. The molecule has 1 atom stereocenters. The third-order valence-electron chi connectivity index (χ3n) is 1.84. The fraction of sp³-hybridized carbons (Fsp3) is 0.182. The average Bonchev–Trinajstić information content (AvgIpc) is 2.17. The molecule has 0 aromatic heterocycles. The van der Waals surface area contributed by atoms with Crippen LogP contribution in [0, 0.1) is 0 Å². The van der Waals surface area contributed by atoms with Gasteiger partial charge in [0.15, 0.2) is 0 Å². The first-order chi connectivity index (χ1) is 7.06. The monoisotopic (exact) mass is 208 g/mol. The number of aliphatic hydroxyl groups excluding tert-OH is 1. The number of aliphatic hydroxyl groups is 1. The summed E-state index contributed by atoms with van der Waals surface area (Å²) in [6.45, 7) is 4.73. The van der Waals surface area contributed by atoms with E-state index in [0.717, 1.165) is 6.08 Å². The van der Waals surface area contributed by atoms with Crippen LogP contribution in [0.5, 0.6) is 11.5 Å². The Kier molecular flexibility index (Phi) is 3.46. The van der Waals surface area contributed by atoms with Crippen molar-refractivity contribution < 1.29 is 19.7 Å². The summed E-state index contributed by atoms with van der Waals surface area (Å²) in [7, 11) is 0. The van der Waals surface area contributed by atoms with Gasteiger partial charge in [-0.2, -0.15) is 0 Å². The van der Waals surface area contributed by atoms with Crippen molar-refractivity contribution in [1.82, 2.24) is 0 Å². The van der Waals surface area contributed by atoms with Crippen LogP contribution < -0.4 is 4.74 Å². The van der Waals surface area contributed by atoms with Crippen LogP contribution in [0.1, 0.15) is 18.6 Å². The van der Waals surface area contributed by atoms with Gasteiger partial charge in [-0.25, -0.2) is 4.79 Å². The van der Waals surface area contributed by atoms with Crippen molar-refractivity contribution in [1.29, 1.82) is 0 Å². The smallest absolute Gasteiger partial charge is 0.335 e. The first-order valence-corrected chi connectivity index (χ1v) is 4.40. The Balaban J connectivity index is 3.11. The molecule has 0 aliphatic heterocycles. The van der Waals surface area contributed by atoms with Gasteiger partial charge in [0, 0.05) is 6.08 Å². The molecule has 0 bridgehead atoms. The lowest BCUT2D eigenvalue weighted by atomic mass is 10.1. The summed E-state index contributed by atoms with van der Waals surface area (Å²) in [6.07, 6.45) is 0.0920. The molecule has 4 nitrogen and oxygen atoms in total. The fourth-order valence-corrected chi connectivity index (χ4v) is 1.19. The van der Waals surface area contributed by atoms with E-state index in [4.69, 9.17) is 4.74 Å². The molecule has 2 N–H and O–H groups in total. The van der Waals surface area contributed by atoms with Gasteiger partial charge in [-0.15, -0.1) is 0 Å². The van der Waals surface area contributed by atoms with Crippen LogP contribution >= 0.6 is 0 Å². The molecule has 0 saturated carbocycles. The largest absolute Gasteiger partial charge is 0.507 e. The molecule has 15 heavy (non-hydrogen) atoms. The second-order valence-corrected chi connectivity index (χ2v) is 2.99. The highest BCUT2D eigenvalue weighted by Crippen LogP contribution is 2.33. The van der Waals surface area contributed by atoms with Crippen LogP contribution in [0.25, 0.3) is 0 Å². The van der Waals surface area contributed by atoms with Crippen LogP contribution in [0.4, 0.5) is 0 Å². The van der Waals surface area contributed by atoms with Gasteiger partial charge in [0.25, 0.3) is 0 Å². The lowest BCUT2D eigenvalue weighted by Gasteiger charge is -2.12. The van der Waals surface area contributed by atoms with Crippen LogP contribution in [0.3, 0.4) is 0 Å². The second-order valence-electron chi connectivity index (χ2n) is 2.99. The van der Waals surface area contributed by atoms with E-state index < -0.39 is 12.1 Å².